The summed E-state index contributed by atoms with van der Waals surface area (Å²) in [4.78, 5) is 13.3. The summed E-state index contributed by atoms with van der Waals surface area (Å²) in [6.45, 7) is 6.68. The average Bonchev–Trinajstić information content (AvgIpc) is 2.69. The van der Waals surface area contributed by atoms with Crippen LogP contribution >= 0.6 is 0 Å². The molecule has 0 unspecified atom stereocenters. The topological polar surface area (TPSA) is 40.5 Å². The van der Waals surface area contributed by atoms with Crippen molar-refractivity contribution in [2.45, 2.75) is 58.4 Å². The summed E-state index contributed by atoms with van der Waals surface area (Å²) in [6, 6.07) is -0.204. The zero-order valence-electron chi connectivity index (χ0n) is 11.1. The molecule has 1 saturated carbocycles. The van der Waals surface area contributed by atoms with E-state index in [0.717, 1.165) is 31.8 Å². The van der Waals surface area contributed by atoms with Gasteiger partial charge in [-0.3, -0.25) is 9.69 Å². The van der Waals surface area contributed by atoms with Gasteiger partial charge in [0.05, 0.1) is 0 Å². The van der Waals surface area contributed by atoms with Gasteiger partial charge in [-0.05, 0) is 56.4 Å². The van der Waals surface area contributed by atoms with Crippen LogP contribution in [0.1, 0.15) is 52.4 Å². The lowest BCUT2D eigenvalue weighted by Gasteiger charge is -2.36. The highest BCUT2D eigenvalue weighted by Crippen LogP contribution is 2.38. The standard InChI is InChI=1S/C14H25NO2/c1-14(2)7-5-11(6-8-14)10-15-9-3-4-12(15)13(16)17/h11-12H,3-10H2,1-2H3,(H,16,17)/t12-/m0/s1. The molecule has 98 valence electrons. The summed E-state index contributed by atoms with van der Waals surface area (Å²) < 4.78 is 0. The molecule has 1 atom stereocenters. The van der Waals surface area contributed by atoms with Crippen molar-refractivity contribution in [1.82, 2.24) is 4.90 Å². The first-order chi connectivity index (χ1) is 7.98. The van der Waals surface area contributed by atoms with E-state index in [2.05, 4.69) is 18.7 Å². The second kappa shape index (κ2) is 4.97. The maximum absolute atomic E-state index is 11.1. The van der Waals surface area contributed by atoms with Crippen LogP contribution in [0.15, 0.2) is 0 Å². The molecule has 17 heavy (non-hydrogen) atoms. The van der Waals surface area contributed by atoms with Gasteiger partial charge >= 0.3 is 5.97 Å². The number of aliphatic carboxylic acids is 1. The Morgan fingerprint density at radius 3 is 2.53 bits per heavy atom. The minimum absolute atomic E-state index is 0.204. The molecule has 0 bridgehead atoms. The van der Waals surface area contributed by atoms with Gasteiger partial charge in [-0.1, -0.05) is 13.8 Å². The van der Waals surface area contributed by atoms with E-state index in [4.69, 9.17) is 5.11 Å². The summed E-state index contributed by atoms with van der Waals surface area (Å²) in [7, 11) is 0. The molecular weight excluding hydrogens is 214 g/mol. The number of carboxylic acids is 1. The molecule has 0 aromatic carbocycles. The Hall–Kier alpha value is -0.570. The Balaban J connectivity index is 1.83. The second-order valence-electron chi connectivity index (χ2n) is 6.60. The van der Waals surface area contributed by atoms with E-state index in [0.29, 0.717) is 5.41 Å². The van der Waals surface area contributed by atoms with Crippen LogP contribution < -0.4 is 0 Å². The predicted molar refractivity (Wildman–Crippen MR) is 68.0 cm³/mol. The van der Waals surface area contributed by atoms with Crippen molar-refractivity contribution in [3.8, 4) is 0 Å². The van der Waals surface area contributed by atoms with Crippen molar-refractivity contribution in [3.63, 3.8) is 0 Å². The third kappa shape index (κ3) is 3.21. The molecule has 0 radical (unpaired) electrons. The average molecular weight is 239 g/mol. The van der Waals surface area contributed by atoms with Gasteiger partial charge < -0.3 is 5.11 Å². The normalized spacial score (nSPS) is 30.6. The van der Waals surface area contributed by atoms with Gasteiger partial charge in [0.1, 0.15) is 6.04 Å². The lowest BCUT2D eigenvalue weighted by atomic mass is 9.73. The second-order valence-corrected chi connectivity index (χ2v) is 6.60. The van der Waals surface area contributed by atoms with Gasteiger partial charge in [0.25, 0.3) is 0 Å². The fraction of sp³-hybridized carbons (Fsp3) is 0.929. The monoisotopic (exact) mass is 239 g/mol. The SMILES string of the molecule is CC1(C)CCC(CN2CCC[C@H]2C(=O)O)CC1. The van der Waals surface area contributed by atoms with Crippen molar-refractivity contribution in [3.05, 3.63) is 0 Å². The maximum Gasteiger partial charge on any atom is 0.320 e. The van der Waals surface area contributed by atoms with Gasteiger partial charge in [0.2, 0.25) is 0 Å². The molecule has 0 aromatic heterocycles. The summed E-state index contributed by atoms with van der Waals surface area (Å²) >= 11 is 0. The van der Waals surface area contributed by atoms with Crippen LogP contribution in [0.4, 0.5) is 0 Å². The summed E-state index contributed by atoms with van der Waals surface area (Å²) in [5, 5.41) is 9.15. The lowest BCUT2D eigenvalue weighted by molar-refractivity contribution is -0.142. The third-order valence-electron chi connectivity index (χ3n) is 4.60. The molecule has 2 aliphatic rings. The molecule has 0 spiro atoms. The van der Waals surface area contributed by atoms with Gasteiger partial charge in [-0.25, -0.2) is 0 Å². The largest absolute Gasteiger partial charge is 0.480 e. The number of nitrogens with zero attached hydrogens (tertiary/aromatic N) is 1. The molecule has 3 heteroatoms. The molecule has 1 N–H and O–H groups in total. The van der Waals surface area contributed by atoms with Crippen molar-refractivity contribution in [2.24, 2.45) is 11.3 Å². The van der Waals surface area contributed by atoms with E-state index in [1.165, 1.54) is 25.7 Å². The molecule has 2 rings (SSSR count). The maximum atomic E-state index is 11.1. The van der Waals surface area contributed by atoms with Crippen molar-refractivity contribution >= 4 is 5.97 Å². The first kappa shape index (κ1) is 12.9. The lowest BCUT2D eigenvalue weighted by Crippen LogP contribution is -2.40. The van der Waals surface area contributed by atoms with Gasteiger partial charge in [0, 0.05) is 6.54 Å². The zero-order valence-corrected chi connectivity index (χ0v) is 11.1. The predicted octanol–water partition coefficient (Wildman–Crippen LogP) is 2.75. The smallest absolute Gasteiger partial charge is 0.320 e. The van der Waals surface area contributed by atoms with Crippen molar-refractivity contribution < 1.29 is 9.90 Å². The fourth-order valence-corrected chi connectivity index (χ4v) is 3.30. The minimum Gasteiger partial charge on any atom is -0.480 e. The zero-order chi connectivity index (χ0) is 12.5. The Bertz CT molecular complexity index is 278. The number of carboxylic acid groups (broad SMARTS) is 1. The van der Waals surface area contributed by atoms with Crippen LogP contribution in [0.5, 0.6) is 0 Å². The summed E-state index contributed by atoms with van der Waals surface area (Å²) in [6.07, 6.45) is 7.03. The molecule has 1 aliphatic carbocycles. The Kier molecular flexibility index (Phi) is 3.76. The molecule has 0 aromatic rings. The highest BCUT2D eigenvalue weighted by Gasteiger charge is 2.34. The first-order valence-electron chi connectivity index (χ1n) is 6.95. The fourth-order valence-electron chi connectivity index (χ4n) is 3.30. The molecule has 3 nitrogen and oxygen atoms in total. The quantitative estimate of drug-likeness (QED) is 0.823. The third-order valence-corrected chi connectivity index (χ3v) is 4.60. The van der Waals surface area contributed by atoms with Crippen molar-refractivity contribution in [2.75, 3.05) is 13.1 Å². The molecule has 1 heterocycles. The van der Waals surface area contributed by atoms with Gasteiger partial charge in [0.15, 0.2) is 0 Å². The van der Waals surface area contributed by atoms with E-state index in [1.54, 1.807) is 0 Å². The molecule has 1 aliphatic heterocycles. The molecule has 0 amide bonds. The molecule has 1 saturated heterocycles. The van der Waals surface area contributed by atoms with Gasteiger partial charge in [-0.15, -0.1) is 0 Å². The molecule has 2 fully saturated rings. The van der Waals surface area contributed by atoms with Crippen LogP contribution in [0.3, 0.4) is 0 Å². The number of likely N-dealkylation sites (tertiary alicyclic amines) is 1. The molecular formula is C14H25NO2. The van der Waals surface area contributed by atoms with Crippen LogP contribution in [-0.4, -0.2) is 35.1 Å². The Morgan fingerprint density at radius 2 is 1.94 bits per heavy atom. The Morgan fingerprint density at radius 1 is 1.29 bits per heavy atom. The van der Waals surface area contributed by atoms with E-state index >= 15 is 0 Å². The highest BCUT2D eigenvalue weighted by molar-refractivity contribution is 5.73. The van der Waals surface area contributed by atoms with E-state index < -0.39 is 5.97 Å². The minimum atomic E-state index is -0.626. The van der Waals surface area contributed by atoms with Crippen LogP contribution in [0.2, 0.25) is 0 Å². The number of carbonyl (C=O) groups is 1. The van der Waals surface area contributed by atoms with Crippen molar-refractivity contribution in [1.29, 1.82) is 0 Å². The van der Waals surface area contributed by atoms with Crippen LogP contribution in [0.25, 0.3) is 0 Å². The Labute approximate surface area is 104 Å². The first-order valence-corrected chi connectivity index (χ1v) is 6.95. The van der Waals surface area contributed by atoms with E-state index in [-0.39, 0.29) is 6.04 Å². The van der Waals surface area contributed by atoms with E-state index in [9.17, 15) is 4.79 Å². The van der Waals surface area contributed by atoms with Crippen LogP contribution in [0, 0.1) is 11.3 Å². The summed E-state index contributed by atoms with van der Waals surface area (Å²) in [5.41, 5.74) is 0.508. The highest BCUT2D eigenvalue weighted by atomic mass is 16.4. The summed E-state index contributed by atoms with van der Waals surface area (Å²) in [5.74, 6) is 0.0987. The number of hydrogen-bond donors (Lipinski definition) is 1. The number of rotatable bonds is 3. The number of hydrogen-bond acceptors (Lipinski definition) is 2. The van der Waals surface area contributed by atoms with Gasteiger partial charge in [-0.2, -0.15) is 0 Å². The van der Waals surface area contributed by atoms with E-state index in [1.807, 2.05) is 0 Å². The van der Waals surface area contributed by atoms with Crippen LogP contribution in [-0.2, 0) is 4.79 Å².